The van der Waals surface area contributed by atoms with Crippen LogP contribution in [0, 0.1) is 0 Å². The zero-order valence-corrected chi connectivity index (χ0v) is 8.03. The van der Waals surface area contributed by atoms with Gasteiger partial charge in [0.25, 0.3) is 0 Å². The molecule has 1 aromatic rings. The molecule has 0 saturated heterocycles. The Labute approximate surface area is 82.2 Å². The second kappa shape index (κ2) is 4.28. The van der Waals surface area contributed by atoms with Crippen LogP contribution in [0.5, 0.6) is 0 Å². The van der Waals surface area contributed by atoms with E-state index in [1.807, 2.05) is 30.3 Å². The molecule has 70 valence electrons. The number of carboxylic acid groups (broad SMARTS) is 1. The first-order chi connectivity index (χ1) is 6.13. The lowest BCUT2D eigenvalue weighted by molar-refractivity contribution is -0.136. The fraction of sp³-hybridized carbons (Fsp3) is 0.300. The Morgan fingerprint density at radius 2 is 1.92 bits per heavy atom. The molecule has 0 amide bonds. The third-order valence-corrected chi connectivity index (χ3v) is 2.56. The molecule has 0 heterocycles. The largest absolute Gasteiger partial charge is 0.480 e. The predicted molar refractivity (Wildman–Crippen MR) is 52.1 cm³/mol. The molecule has 0 radical (unpaired) electrons. The highest BCUT2D eigenvalue weighted by Crippen LogP contribution is 2.22. The second-order valence-corrected chi connectivity index (χ2v) is 3.41. The highest BCUT2D eigenvalue weighted by Gasteiger charge is 2.22. The molecule has 0 spiro atoms. The fourth-order valence-corrected chi connectivity index (χ4v) is 1.28. The quantitative estimate of drug-likeness (QED) is 0.758. The van der Waals surface area contributed by atoms with Crippen LogP contribution in [-0.4, -0.2) is 16.5 Å². The normalized spacial score (nSPS) is 14.9. The van der Waals surface area contributed by atoms with Gasteiger partial charge >= 0.3 is 5.97 Å². The molecule has 0 aromatic heterocycles. The van der Waals surface area contributed by atoms with E-state index in [0.29, 0.717) is 0 Å². The van der Waals surface area contributed by atoms with E-state index in [1.54, 1.807) is 6.92 Å². The maximum absolute atomic E-state index is 10.6. The van der Waals surface area contributed by atoms with E-state index in [2.05, 4.69) is 0 Å². The minimum atomic E-state index is -0.974. The molecular formula is C10H11ClO2. The summed E-state index contributed by atoms with van der Waals surface area (Å²) in [7, 11) is 0. The molecular weight excluding hydrogens is 188 g/mol. The summed E-state index contributed by atoms with van der Waals surface area (Å²) in [5.74, 6) is -1.14. The van der Waals surface area contributed by atoms with Gasteiger partial charge in [0.1, 0.15) is 5.38 Å². The van der Waals surface area contributed by atoms with Crippen molar-refractivity contribution in [1.29, 1.82) is 0 Å². The fourth-order valence-electron chi connectivity index (χ4n) is 1.14. The molecule has 0 aliphatic rings. The number of alkyl halides is 1. The zero-order valence-electron chi connectivity index (χ0n) is 7.27. The summed E-state index contributed by atoms with van der Waals surface area (Å²) >= 11 is 5.70. The number of hydrogen-bond donors (Lipinski definition) is 1. The van der Waals surface area contributed by atoms with Gasteiger partial charge in [0.05, 0.1) is 0 Å². The monoisotopic (exact) mass is 198 g/mol. The van der Waals surface area contributed by atoms with Crippen LogP contribution in [0.1, 0.15) is 18.4 Å². The summed E-state index contributed by atoms with van der Waals surface area (Å²) in [4.78, 5) is 10.6. The van der Waals surface area contributed by atoms with Crippen LogP contribution in [-0.2, 0) is 4.79 Å². The molecule has 0 aliphatic heterocycles. The lowest BCUT2D eigenvalue weighted by Crippen LogP contribution is -2.20. The SMILES string of the molecule is CC(c1ccccc1)C(Cl)C(=O)O. The first kappa shape index (κ1) is 10.1. The Morgan fingerprint density at radius 1 is 1.38 bits per heavy atom. The number of aliphatic carboxylic acids is 1. The van der Waals surface area contributed by atoms with Crippen molar-refractivity contribution in [2.45, 2.75) is 18.2 Å². The summed E-state index contributed by atoms with van der Waals surface area (Å²) in [5, 5.41) is 7.82. The highest BCUT2D eigenvalue weighted by molar-refractivity contribution is 6.30. The molecule has 13 heavy (non-hydrogen) atoms. The minimum Gasteiger partial charge on any atom is -0.480 e. The van der Waals surface area contributed by atoms with Crippen LogP contribution in [0.15, 0.2) is 30.3 Å². The Bertz CT molecular complexity index is 284. The van der Waals surface area contributed by atoms with Crippen molar-refractivity contribution >= 4 is 17.6 Å². The van der Waals surface area contributed by atoms with E-state index in [-0.39, 0.29) is 5.92 Å². The van der Waals surface area contributed by atoms with Crippen molar-refractivity contribution in [2.24, 2.45) is 0 Å². The van der Waals surface area contributed by atoms with Gasteiger partial charge in [-0.15, -0.1) is 11.6 Å². The molecule has 1 rings (SSSR count). The second-order valence-electron chi connectivity index (χ2n) is 2.94. The number of benzene rings is 1. The summed E-state index contributed by atoms with van der Waals surface area (Å²) in [6.45, 7) is 1.81. The van der Waals surface area contributed by atoms with Crippen molar-refractivity contribution in [2.75, 3.05) is 0 Å². The topological polar surface area (TPSA) is 37.3 Å². The average molecular weight is 199 g/mol. The number of halogens is 1. The summed E-state index contributed by atoms with van der Waals surface area (Å²) in [5.41, 5.74) is 0.949. The van der Waals surface area contributed by atoms with Crippen LogP contribution in [0.25, 0.3) is 0 Å². The van der Waals surface area contributed by atoms with Gasteiger partial charge in [0.15, 0.2) is 0 Å². The van der Waals surface area contributed by atoms with Gasteiger partial charge in [0, 0.05) is 5.92 Å². The van der Waals surface area contributed by atoms with Gasteiger partial charge in [-0.05, 0) is 5.56 Å². The van der Waals surface area contributed by atoms with Gasteiger partial charge in [0.2, 0.25) is 0 Å². The van der Waals surface area contributed by atoms with Crippen molar-refractivity contribution in [3.63, 3.8) is 0 Å². The molecule has 0 saturated carbocycles. The molecule has 2 unspecified atom stereocenters. The lowest BCUT2D eigenvalue weighted by atomic mass is 9.98. The van der Waals surface area contributed by atoms with Gasteiger partial charge in [-0.1, -0.05) is 37.3 Å². The molecule has 2 nitrogen and oxygen atoms in total. The number of carbonyl (C=O) groups is 1. The average Bonchev–Trinajstić information content (AvgIpc) is 2.17. The van der Waals surface area contributed by atoms with Crippen LogP contribution in [0.4, 0.5) is 0 Å². The zero-order chi connectivity index (χ0) is 9.84. The number of carboxylic acids is 1. The molecule has 0 aliphatic carbocycles. The smallest absolute Gasteiger partial charge is 0.322 e. The van der Waals surface area contributed by atoms with E-state index in [9.17, 15) is 4.79 Å². The summed E-state index contributed by atoms with van der Waals surface area (Å²) in [6.07, 6.45) is 0. The molecule has 1 N–H and O–H groups in total. The standard InChI is InChI=1S/C10H11ClO2/c1-7(9(11)10(12)13)8-5-3-2-4-6-8/h2-7,9H,1H3,(H,12,13). The molecule has 2 atom stereocenters. The van der Waals surface area contributed by atoms with Gasteiger partial charge in [-0.3, -0.25) is 4.79 Å². The molecule has 0 fully saturated rings. The Hall–Kier alpha value is -1.02. The highest BCUT2D eigenvalue weighted by atomic mass is 35.5. The van der Waals surface area contributed by atoms with Crippen LogP contribution < -0.4 is 0 Å². The molecule has 3 heteroatoms. The van der Waals surface area contributed by atoms with Gasteiger partial charge < -0.3 is 5.11 Å². The number of rotatable bonds is 3. The third-order valence-electron chi connectivity index (χ3n) is 2.00. The number of hydrogen-bond acceptors (Lipinski definition) is 1. The van der Waals surface area contributed by atoms with Crippen LogP contribution in [0.3, 0.4) is 0 Å². The Morgan fingerprint density at radius 3 is 2.38 bits per heavy atom. The molecule has 0 bridgehead atoms. The van der Waals surface area contributed by atoms with Crippen LogP contribution >= 0.6 is 11.6 Å². The lowest BCUT2D eigenvalue weighted by Gasteiger charge is -2.13. The van der Waals surface area contributed by atoms with E-state index in [0.717, 1.165) is 5.56 Å². The first-order valence-electron chi connectivity index (χ1n) is 4.04. The Kier molecular flexibility index (Phi) is 3.32. The molecule has 1 aromatic carbocycles. The third kappa shape index (κ3) is 2.46. The minimum absolute atomic E-state index is 0.166. The van der Waals surface area contributed by atoms with E-state index in [4.69, 9.17) is 16.7 Å². The maximum atomic E-state index is 10.6. The van der Waals surface area contributed by atoms with Crippen molar-refractivity contribution in [3.8, 4) is 0 Å². The summed E-state index contributed by atoms with van der Waals surface area (Å²) < 4.78 is 0. The Balaban J connectivity index is 2.79. The van der Waals surface area contributed by atoms with Gasteiger partial charge in [-0.2, -0.15) is 0 Å². The van der Waals surface area contributed by atoms with Crippen LogP contribution in [0.2, 0.25) is 0 Å². The van der Waals surface area contributed by atoms with Crippen molar-refractivity contribution in [3.05, 3.63) is 35.9 Å². The van der Waals surface area contributed by atoms with Gasteiger partial charge in [-0.25, -0.2) is 0 Å². The van der Waals surface area contributed by atoms with Crippen molar-refractivity contribution in [1.82, 2.24) is 0 Å². The van der Waals surface area contributed by atoms with E-state index < -0.39 is 11.3 Å². The van der Waals surface area contributed by atoms with E-state index in [1.165, 1.54) is 0 Å². The summed E-state index contributed by atoms with van der Waals surface area (Å²) in [6, 6.07) is 9.39. The first-order valence-corrected chi connectivity index (χ1v) is 4.48. The predicted octanol–water partition coefficient (Wildman–Crippen LogP) is 2.48. The van der Waals surface area contributed by atoms with E-state index >= 15 is 0 Å². The van der Waals surface area contributed by atoms with Crippen molar-refractivity contribution < 1.29 is 9.90 Å². The maximum Gasteiger partial charge on any atom is 0.322 e.